The Hall–Kier alpha value is -3.29. The van der Waals surface area contributed by atoms with E-state index in [1.54, 1.807) is 0 Å². The molecule has 0 aromatic heterocycles. The van der Waals surface area contributed by atoms with Gasteiger partial charge in [0.25, 0.3) is 0 Å². The van der Waals surface area contributed by atoms with E-state index in [1.807, 2.05) is 42.5 Å². The second kappa shape index (κ2) is 9.26. The lowest BCUT2D eigenvalue weighted by Crippen LogP contribution is -2.43. The van der Waals surface area contributed by atoms with Crippen molar-refractivity contribution >= 4 is 34.3 Å². The molecule has 0 aliphatic carbocycles. The zero-order valence-electron chi connectivity index (χ0n) is 14.3. The Labute approximate surface area is 151 Å². The molecule has 8 nitrogen and oxygen atoms in total. The number of nitrogens with two attached hydrogens (primary N) is 1. The Morgan fingerprint density at radius 2 is 1.88 bits per heavy atom. The van der Waals surface area contributed by atoms with Crippen LogP contribution in [-0.4, -0.2) is 42.1 Å². The average molecular weight is 357 g/mol. The van der Waals surface area contributed by atoms with Crippen LogP contribution in [0, 0.1) is 5.41 Å². The van der Waals surface area contributed by atoms with Gasteiger partial charge >= 0.3 is 5.97 Å². The van der Waals surface area contributed by atoms with Gasteiger partial charge in [0.2, 0.25) is 5.91 Å². The molecule has 0 aliphatic heterocycles. The summed E-state index contributed by atoms with van der Waals surface area (Å²) in [5, 5.41) is 26.5. The monoisotopic (exact) mass is 357 g/mol. The van der Waals surface area contributed by atoms with Gasteiger partial charge in [-0.3, -0.25) is 10.2 Å². The van der Waals surface area contributed by atoms with Crippen molar-refractivity contribution in [2.24, 2.45) is 5.73 Å². The predicted octanol–water partition coefficient (Wildman–Crippen LogP) is 1.08. The van der Waals surface area contributed by atoms with E-state index in [4.69, 9.17) is 11.1 Å². The number of nitrogens with one attached hydrogen (secondary N) is 4. The maximum Gasteiger partial charge on any atom is 0.326 e. The van der Waals surface area contributed by atoms with Crippen LogP contribution in [0.5, 0.6) is 0 Å². The maximum atomic E-state index is 12.1. The molecule has 26 heavy (non-hydrogen) atoms. The zero-order valence-corrected chi connectivity index (χ0v) is 14.3. The molecule has 0 saturated carbocycles. The molecule has 8 heteroatoms. The highest BCUT2D eigenvalue weighted by Gasteiger charge is 2.19. The molecule has 2 rings (SSSR count). The number of aliphatic carboxylic acids is 1. The zero-order chi connectivity index (χ0) is 18.9. The van der Waals surface area contributed by atoms with Crippen LogP contribution < -0.4 is 21.7 Å². The van der Waals surface area contributed by atoms with Crippen molar-refractivity contribution in [3.63, 3.8) is 0 Å². The number of hydrogen-bond acceptors (Lipinski definition) is 4. The number of amides is 1. The van der Waals surface area contributed by atoms with Gasteiger partial charge in [-0.15, -0.1) is 0 Å². The van der Waals surface area contributed by atoms with Gasteiger partial charge in [-0.25, -0.2) is 4.79 Å². The predicted molar refractivity (Wildman–Crippen MR) is 101 cm³/mol. The van der Waals surface area contributed by atoms with Gasteiger partial charge in [-0.1, -0.05) is 36.4 Å². The van der Waals surface area contributed by atoms with E-state index in [-0.39, 0.29) is 18.9 Å². The third kappa shape index (κ3) is 5.66. The summed E-state index contributed by atoms with van der Waals surface area (Å²) in [7, 11) is 0. The highest BCUT2D eigenvalue weighted by atomic mass is 16.4. The molecule has 0 aliphatic rings. The van der Waals surface area contributed by atoms with Crippen LogP contribution >= 0.6 is 0 Å². The minimum atomic E-state index is -1.09. The lowest BCUT2D eigenvalue weighted by atomic mass is 10.1. The minimum Gasteiger partial charge on any atom is -0.480 e. The molecule has 1 unspecified atom stereocenters. The topological polar surface area (TPSA) is 140 Å². The first-order chi connectivity index (χ1) is 12.5. The summed E-state index contributed by atoms with van der Waals surface area (Å²) in [6, 6.07) is 12.6. The fourth-order valence-electron chi connectivity index (χ4n) is 2.59. The molecule has 0 fully saturated rings. The number of carbonyl (C=O) groups is 2. The third-order valence-electron chi connectivity index (χ3n) is 3.85. The fraction of sp³-hybridized carbons (Fsp3) is 0.278. The van der Waals surface area contributed by atoms with E-state index in [9.17, 15) is 14.7 Å². The molecule has 0 saturated heterocycles. The van der Waals surface area contributed by atoms with E-state index in [2.05, 4.69) is 16.0 Å². The van der Waals surface area contributed by atoms with Crippen molar-refractivity contribution in [3.8, 4) is 0 Å². The summed E-state index contributed by atoms with van der Waals surface area (Å²) < 4.78 is 0. The first-order valence-corrected chi connectivity index (χ1v) is 8.29. The van der Waals surface area contributed by atoms with Crippen LogP contribution in [0.3, 0.4) is 0 Å². The number of carbonyl (C=O) groups excluding carboxylic acids is 1. The van der Waals surface area contributed by atoms with Crippen molar-refractivity contribution in [1.82, 2.24) is 10.6 Å². The van der Waals surface area contributed by atoms with Gasteiger partial charge in [0, 0.05) is 17.6 Å². The summed E-state index contributed by atoms with van der Waals surface area (Å²) >= 11 is 0. The van der Waals surface area contributed by atoms with Crippen LogP contribution in [0.1, 0.15) is 12.8 Å². The molecule has 0 heterocycles. The number of carboxylic acids is 1. The van der Waals surface area contributed by atoms with Gasteiger partial charge in [0.1, 0.15) is 6.04 Å². The third-order valence-corrected chi connectivity index (χ3v) is 3.85. The average Bonchev–Trinajstić information content (AvgIpc) is 2.62. The molecule has 0 spiro atoms. The van der Waals surface area contributed by atoms with Crippen molar-refractivity contribution in [1.29, 1.82) is 5.41 Å². The number of anilines is 1. The Morgan fingerprint density at radius 1 is 1.15 bits per heavy atom. The van der Waals surface area contributed by atoms with Crippen molar-refractivity contribution in [2.75, 3.05) is 18.4 Å². The number of carboxylic acid groups (broad SMARTS) is 1. The summed E-state index contributed by atoms with van der Waals surface area (Å²) in [5.41, 5.74) is 5.98. The SMILES string of the molecule is N=C(N)NCCCC(NC(=O)CNc1cccc2ccccc12)C(=O)O. The highest BCUT2D eigenvalue weighted by Crippen LogP contribution is 2.22. The minimum absolute atomic E-state index is 0.0243. The Bertz CT molecular complexity index is 788. The number of benzene rings is 2. The number of hydrogen-bond donors (Lipinski definition) is 6. The second-order valence-corrected chi connectivity index (χ2v) is 5.82. The van der Waals surface area contributed by atoms with E-state index in [0.717, 1.165) is 16.5 Å². The van der Waals surface area contributed by atoms with E-state index in [1.165, 1.54) is 0 Å². The van der Waals surface area contributed by atoms with Gasteiger partial charge in [-0.05, 0) is 24.3 Å². The van der Waals surface area contributed by atoms with Crippen LogP contribution in [0.4, 0.5) is 5.69 Å². The second-order valence-electron chi connectivity index (χ2n) is 5.82. The Balaban J connectivity index is 1.87. The van der Waals surface area contributed by atoms with Gasteiger partial charge in [0.05, 0.1) is 6.54 Å². The Morgan fingerprint density at radius 3 is 2.62 bits per heavy atom. The molecule has 0 bridgehead atoms. The van der Waals surface area contributed by atoms with Crippen LogP contribution in [0.2, 0.25) is 0 Å². The maximum absolute atomic E-state index is 12.1. The van der Waals surface area contributed by atoms with Crippen LogP contribution in [0.25, 0.3) is 10.8 Å². The highest BCUT2D eigenvalue weighted by molar-refractivity contribution is 5.95. The lowest BCUT2D eigenvalue weighted by Gasteiger charge is -2.16. The first-order valence-electron chi connectivity index (χ1n) is 8.29. The van der Waals surface area contributed by atoms with Gasteiger partial charge in [0.15, 0.2) is 5.96 Å². The van der Waals surface area contributed by atoms with E-state index < -0.39 is 17.9 Å². The summed E-state index contributed by atoms with van der Waals surface area (Å²) in [6.07, 6.45) is 0.712. The molecule has 2 aromatic rings. The number of fused-ring (bicyclic) bond motifs is 1. The summed E-state index contributed by atoms with van der Waals surface area (Å²) in [4.78, 5) is 23.4. The number of rotatable bonds is 9. The summed E-state index contributed by atoms with van der Waals surface area (Å²) in [5.74, 6) is -1.66. The van der Waals surface area contributed by atoms with Crippen molar-refractivity contribution < 1.29 is 14.7 Å². The Kier molecular flexibility index (Phi) is 6.78. The number of guanidine groups is 1. The van der Waals surface area contributed by atoms with E-state index in [0.29, 0.717) is 13.0 Å². The van der Waals surface area contributed by atoms with E-state index >= 15 is 0 Å². The molecule has 138 valence electrons. The molecule has 0 radical (unpaired) electrons. The quantitative estimate of drug-likeness (QED) is 0.225. The van der Waals surface area contributed by atoms with Crippen LogP contribution in [-0.2, 0) is 9.59 Å². The van der Waals surface area contributed by atoms with Crippen molar-refractivity contribution in [3.05, 3.63) is 42.5 Å². The molecule has 2 aromatic carbocycles. The van der Waals surface area contributed by atoms with Gasteiger partial charge in [-0.2, -0.15) is 0 Å². The first kappa shape index (κ1) is 19.0. The molecule has 1 atom stereocenters. The molecule has 1 amide bonds. The molecule has 7 N–H and O–H groups in total. The largest absolute Gasteiger partial charge is 0.480 e. The van der Waals surface area contributed by atoms with Crippen molar-refractivity contribution in [2.45, 2.75) is 18.9 Å². The standard InChI is InChI=1S/C18H23N5O3/c19-18(20)21-10-4-9-15(17(25)26)23-16(24)11-22-14-8-3-6-12-5-1-2-7-13(12)14/h1-3,5-8,15,22H,4,9-11H2,(H,23,24)(H,25,26)(H4,19,20,21). The normalized spacial score (nSPS) is 11.5. The molecular formula is C18H23N5O3. The van der Waals surface area contributed by atoms with Gasteiger partial charge < -0.3 is 26.8 Å². The molecular weight excluding hydrogens is 334 g/mol. The van der Waals surface area contributed by atoms with Crippen LogP contribution in [0.15, 0.2) is 42.5 Å². The lowest BCUT2D eigenvalue weighted by molar-refractivity contribution is -0.141. The summed E-state index contributed by atoms with van der Waals surface area (Å²) in [6.45, 7) is 0.354. The smallest absolute Gasteiger partial charge is 0.326 e. The fourth-order valence-corrected chi connectivity index (χ4v) is 2.59.